The predicted octanol–water partition coefficient (Wildman–Crippen LogP) is 2.37. The number of thiophene rings is 1. The third kappa shape index (κ3) is 1.70. The Bertz CT molecular complexity index is 564. The van der Waals surface area contributed by atoms with Crippen LogP contribution in [0.25, 0.3) is 10.2 Å². The van der Waals surface area contributed by atoms with E-state index in [0.717, 1.165) is 16.6 Å². The van der Waals surface area contributed by atoms with E-state index in [-0.39, 0.29) is 6.10 Å². The van der Waals surface area contributed by atoms with Gasteiger partial charge >= 0.3 is 0 Å². The number of rotatable bonds is 1. The lowest BCUT2D eigenvalue weighted by Crippen LogP contribution is -2.26. The zero-order chi connectivity index (χ0) is 12.0. The summed E-state index contributed by atoms with van der Waals surface area (Å²) in [6.45, 7) is 5.05. The molecule has 0 saturated heterocycles. The molecule has 2 aromatic heterocycles. The fourth-order valence-corrected chi connectivity index (χ4v) is 3.36. The molecule has 1 aliphatic heterocycles. The van der Waals surface area contributed by atoms with Gasteiger partial charge in [0.2, 0.25) is 0 Å². The van der Waals surface area contributed by atoms with E-state index >= 15 is 0 Å². The van der Waals surface area contributed by atoms with Crippen LogP contribution in [0.2, 0.25) is 0 Å². The van der Waals surface area contributed by atoms with Gasteiger partial charge < -0.3 is 10.5 Å². The number of nitrogen functional groups attached to an aromatic ring is 1. The largest absolute Gasteiger partial charge is 0.383 e. The summed E-state index contributed by atoms with van der Waals surface area (Å²) in [5.74, 6) is 1.11. The standard InChI is InChI=1S/C12H15N3OS/c1-6(2)8-3-7-9(4-16-8)17-12-10(7)11(13)14-5-15-12/h5-6,8H,3-4H2,1-2H3,(H2,13,14,15). The van der Waals surface area contributed by atoms with E-state index in [1.54, 1.807) is 11.3 Å². The molecule has 0 aliphatic carbocycles. The lowest BCUT2D eigenvalue weighted by Gasteiger charge is -2.26. The molecule has 2 N–H and O–H groups in total. The van der Waals surface area contributed by atoms with E-state index in [2.05, 4.69) is 23.8 Å². The van der Waals surface area contributed by atoms with Gasteiger partial charge in [0.1, 0.15) is 17.0 Å². The van der Waals surface area contributed by atoms with Crippen LogP contribution in [0.4, 0.5) is 5.82 Å². The molecule has 1 atom stereocenters. The summed E-state index contributed by atoms with van der Waals surface area (Å²) in [7, 11) is 0. The van der Waals surface area contributed by atoms with Crippen molar-refractivity contribution < 1.29 is 4.74 Å². The summed E-state index contributed by atoms with van der Waals surface area (Å²) in [6, 6.07) is 0. The number of hydrogen-bond donors (Lipinski definition) is 1. The zero-order valence-corrected chi connectivity index (χ0v) is 10.8. The molecular weight excluding hydrogens is 234 g/mol. The molecule has 0 radical (unpaired) electrons. The Morgan fingerprint density at radius 1 is 1.47 bits per heavy atom. The fraction of sp³-hybridized carbons (Fsp3) is 0.500. The van der Waals surface area contributed by atoms with Crippen molar-refractivity contribution in [1.82, 2.24) is 9.97 Å². The van der Waals surface area contributed by atoms with Crippen molar-refractivity contribution in [3.8, 4) is 0 Å². The first kappa shape index (κ1) is 10.9. The normalized spacial score (nSPS) is 19.8. The highest BCUT2D eigenvalue weighted by molar-refractivity contribution is 7.18. The van der Waals surface area contributed by atoms with Crippen molar-refractivity contribution in [3.63, 3.8) is 0 Å². The molecule has 1 unspecified atom stereocenters. The average Bonchev–Trinajstić information content (AvgIpc) is 2.67. The molecule has 1 aliphatic rings. The summed E-state index contributed by atoms with van der Waals surface area (Å²) in [6.07, 6.45) is 2.73. The number of hydrogen-bond acceptors (Lipinski definition) is 5. The van der Waals surface area contributed by atoms with Crippen LogP contribution in [0.3, 0.4) is 0 Å². The van der Waals surface area contributed by atoms with Gasteiger partial charge in [0.05, 0.1) is 18.1 Å². The van der Waals surface area contributed by atoms with E-state index in [0.29, 0.717) is 18.3 Å². The summed E-state index contributed by atoms with van der Waals surface area (Å²) in [5.41, 5.74) is 7.26. The van der Waals surface area contributed by atoms with Gasteiger partial charge in [-0.25, -0.2) is 9.97 Å². The molecular formula is C12H15N3OS. The highest BCUT2D eigenvalue weighted by atomic mass is 32.1. The minimum atomic E-state index is 0.278. The minimum absolute atomic E-state index is 0.278. The predicted molar refractivity (Wildman–Crippen MR) is 68.9 cm³/mol. The van der Waals surface area contributed by atoms with Gasteiger partial charge in [-0.05, 0) is 11.5 Å². The molecule has 4 nitrogen and oxygen atoms in total. The highest BCUT2D eigenvalue weighted by Crippen LogP contribution is 2.37. The van der Waals surface area contributed by atoms with E-state index < -0.39 is 0 Å². The van der Waals surface area contributed by atoms with Gasteiger partial charge in [-0.1, -0.05) is 13.8 Å². The van der Waals surface area contributed by atoms with Crippen molar-refractivity contribution in [2.45, 2.75) is 33.0 Å². The maximum absolute atomic E-state index is 5.96. The summed E-state index contributed by atoms with van der Waals surface area (Å²) in [5, 5.41) is 1.04. The lowest BCUT2D eigenvalue weighted by molar-refractivity contribution is 0.00203. The van der Waals surface area contributed by atoms with Gasteiger partial charge in [0.15, 0.2) is 0 Å². The quantitative estimate of drug-likeness (QED) is 0.843. The number of nitrogens with two attached hydrogens (primary N) is 1. The van der Waals surface area contributed by atoms with Crippen LogP contribution in [0.5, 0.6) is 0 Å². The molecule has 5 heteroatoms. The topological polar surface area (TPSA) is 61.0 Å². The van der Waals surface area contributed by atoms with Crippen LogP contribution in [-0.4, -0.2) is 16.1 Å². The van der Waals surface area contributed by atoms with Crippen LogP contribution in [0, 0.1) is 5.92 Å². The van der Waals surface area contributed by atoms with Crippen molar-refractivity contribution >= 4 is 27.4 Å². The third-order valence-electron chi connectivity index (χ3n) is 3.28. The smallest absolute Gasteiger partial charge is 0.135 e. The molecule has 0 aromatic carbocycles. The molecule has 3 heterocycles. The number of fused-ring (bicyclic) bond motifs is 3. The van der Waals surface area contributed by atoms with Gasteiger partial charge in [-0.15, -0.1) is 11.3 Å². The van der Waals surface area contributed by atoms with Gasteiger partial charge in [-0.2, -0.15) is 0 Å². The number of aromatic nitrogens is 2. The van der Waals surface area contributed by atoms with Gasteiger partial charge in [-0.3, -0.25) is 0 Å². The first-order chi connectivity index (χ1) is 8.16. The van der Waals surface area contributed by atoms with E-state index in [4.69, 9.17) is 10.5 Å². The highest BCUT2D eigenvalue weighted by Gasteiger charge is 2.26. The molecule has 17 heavy (non-hydrogen) atoms. The van der Waals surface area contributed by atoms with E-state index in [9.17, 15) is 0 Å². The Morgan fingerprint density at radius 2 is 2.29 bits per heavy atom. The Morgan fingerprint density at radius 3 is 3.06 bits per heavy atom. The second-order valence-electron chi connectivity index (χ2n) is 4.74. The van der Waals surface area contributed by atoms with Crippen molar-refractivity contribution in [2.75, 3.05) is 5.73 Å². The molecule has 3 rings (SSSR count). The summed E-state index contributed by atoms with van der Waals surface area (Å²) < 4.78 is 5.86. The summed E-state index contributed by atoms with van der Waals surface area (Å²) >= 11 is 1.67. The van der Waals surface area contributed by atoms with Crippen LogP contribution < -0.4 is 5.73 Å². The van der Waals surface area contributed by atoms with E-state index in [1.807, 2.05) is 0 Å². The van der Waals surface area contributed by atoms with Crippen LogP contribution in [-0.2, 0) is 17.8 Å². The number of nitrogens with zero attached hydrogens (tertiary/aromatic N) is 2. The molecule has 0 saturated carbocycles. The molecule has 2 aromatic rings. The first-order valence-corrected chi connectivity index (χ1v) is 6.60. The lowest BCUT2D eigenvalue weighted by atomic mass is 9.96. The molecule has 90 valence electrons. The molecule has 0 bridgehead atoms. The third-order valence-corrected chi connectivity index (χ3v) is 4.39. The second-order valence-corrected chi connectivity index (χ2v) is 5.82. The molecule has 0 fully saturated rings. The first-order valence-electron chi connectivity index (χ1n) is 5.79. The molecule has 0 spiro atoms. The maximum Gasteiger partial charge on any atom is 0.135 e. The number of anilines is 1. The van der Waals surface area contributed by atoms with Gasteiger partial charge in [0, 0.05) is 11.3 Å². The Labute approximate surface area is 104 Å². The number of ether oxygens (including phenoxy) is 1. The maximum atomic E-state index is 5.96. The van der Waals surface area contributed by atoms with Crippen LogP contribution in [0.15, 0.2) is 6.33 Å². The monoisotopic (exact) mass is 249 g/mol. The fourth-order valence-electron chi connectivity index (χ4n) is 2.26. The molecule has 0 amide bonds. The van der Waals surface area contributed by atoms with Crippen molar-refractivity contribution in [2.24, 2.45) is 5.92 Å². The Kier molecular flexibility index (Phi) is 2.52. The van der Waals surface area contributed by atoms with Crippen LogP contribution >= 0.6 is 11.3 Å². The van der Waals surface area contributed by atoms with Gasteiger partial charge in [0.25, 0.3) is 0 Å². The van der Waals surface area contributed by atoms with Crippen LogP contribution in [0.1, 0.15) is 24.3 Å². The van der Waals surface area contributed by atoms with E-state index in [1.165, 1.54) is 16.8 Å². The second kappa shape index (κ2) is 3.92. The zero-order valence-electron chi connectivity index (χ0n) is 9.93. The van der Waals surface area contributed by atoms with Crippen molar-refractivity contribution in [1.29, 1.82) is 0 Å². The summed E-state index contributed by atoms with van der Waals surface area (Å²) in [4.78, 5) is 10.6. The van der Waals surface area contributed by atoms with Crippen molar-refractivity contribution in [3.05, 3.63) is 16.8 Å². The minimum Gasteiger partial charge on any atom is -0.383 e. The Hall–Kier alpha value is -1.20. The SMILES string of the molecule is CC(C)C1Cc2c(sc3ncnc(N)c23)CO1. The Balaban J connectivity index is 2.14. The average molecular weight is 249 g/mol.